The van der Waals surface area contributed by atoms with Gasteiger partial charge in [0.15, 0.2) is 11.5 Å². The van der Waals surface area contributed by atoms with Crippen molar-refractivity contribution in [2.75, 3.05) is 7.11 Å². The number of hydrogen-bond donors (Lipinski definition) is 0. The average molecular weight is 470 g/mol. The number of hydrogen-bond acceptors (Lipinski definition) is 8. The molecule has 0 radical (unpaired) electrons. The van der Waals surface area contributed by atoms with E-state index in [1.54, 1.807) is 48.5 Å². The SMILES string of the molecule is COc1cc(C=c2sc3nc(=O)c(Cc4ccc(Cl)cc4)nn3c2=O)ccc1OC(C)=O. The molecule has 32 heavy (non-hydrogen) atoms. The van der Waals surface area contributed by atoms with Gasteiger partial charge in [-0.05, 0) is 41.5 Å². The van der Waals surface area contributed by atoms with Gasteiger partial charge in [0.25, 0.3) is 11.1 Å². The third-order valence-corrected chi connectivity index (χ3v) is 5.69. The maximum atomic E-state index is 12.9. The smallest absolute Gasteiger partial charge is 0.308 e. The van der Waals surface area contributed by atoms with Crippen molar-refractivity contribution in [3.8, 4) is 11.5 Å². The molecule has 8 nitrogen and oxygen atoms in total. The Labute approximate surface area is 190 Å². The molecule has 0 saturated heterocycles. The molecular weight excluding hydrogens is 454 g/mol. The van der Waals surface area contributed by atoms with Gasteiger partial charge >= 0.3 is 5.97 Å². The number of benzene rings is 2. The first kappa shape index (κ1) is 21.7. The summed E-state index contributed by atoms with van der Waals surface area (Å²) < 4.78 is 11.8. The molecule has 0 spiro atoms. The Balaban J connectivity index is 1.74. The molecular formula is C22H16ClN3O5S. The zero-order valence-electron chi connectivity index (χ0n) is 17.0. The number of nitrogens with zero attached hydrogens (tertiary/aromatic N) is 3. The van der Waals surface area contributed by atoms with Crippen molar-refractivity contribution in [2.45, 2.75) is 13.3 Å². The molecule has 0 unspecified atom stereocenters. The van der Waals surface area contributed by atoms with Crippen LogP contribution in [0.2, 0.25) is 5.02 Å². The molecule has 10 heteroatoms. The van der Waals surface area contributed by atoms with Crippen LogP contribution in [0.25, 0.3) is 11.0 Å². The molecule has 2 heterocycles. The van der Waals surface area contributed by atoms with Crippen LogP contribution < -0.4 is 25.1 Å². The van der Waals surface area contributed by atoms with Gasteiger partial charge in [-0.2, -0.15) is 14.6 Å². The number of aromatic nitrogens is 3. The van der Waals surface area contributed by atoms with E-state index in [0.29, 0.717) is 20.9 Å². The standard InChI is InChI=1S/C22H16ClN3O5S/c1-12(27)31-17-8-5-14(10-18(17)30-2)11-19-21(29)26-22(32-19)24-20(28)16(25-26)9-13-3-6-15(23)7-4-13/h3-8,10-11H,9H2,1-2H3. The van der Waals surface area contributed by atoms with E-state index in [4.69, 9.17) is 21.1 Å². The average Bonchev–Trinajstić information content (AvgIpc) is 3.05. The van der Waals surface area contributed by atoms with Gasteiger partial charge in [-0.3, -0.25) is 14.4 Å². The summed E-state index contributed by atoms with van der Waals surface area (Å²) in [7, 11) is 1.45. The summed E-state index contributed by atoms with van der Waals surface area (Å²) in [6.45, 7) is 1.29. The lowest BCUT2D eigenvalue weighted by molar-refractivity contribution is -0.132. The number of methoxy groups -OCH3 is 1. The van der Waals surface area contributed by atoms with Crippen molar-refractivity contribution in [1.82, 2.24) is 14.6 Å². The molecule has 4 rings (SSSR count). The van der Waals surface area contributed by atoms with Crippen molar-refractivity contribution in [1.29, 1.82) is 0 Å². The minimum absolute atomic E-state index is 0.165. The van der Waals surface area contributed by atoms with Crippen LogP contribution in [0, 0.1) is 0 Å². The van der Waals surface area contributed by atoms with Crippen LogP contribution in [-0.2, 0) is 11.2 Å². The fourth-order valence-corrected chi connectivity index (χ4v) is 4.04. The Hall–Kier alpha value is -3.56. The van der Waals surface area contributed by atoms with Crippen molar-refractivity contribution in [2.24, 2.45) is 0 Å². The van der Waals surface area contributed by atoms with E-state index >= 15 is 0 Å². The van der Waals surface area contributed by atoms with Gasteiger partial charge in [0.05, 0.1) is 11.6 Å². The highest BCUT2D eigenvalue weighted by Gasteiger charge is 2.13. The third-order valence-electron chi connectivity index (χ3n) is 4.47. The molecule has 0 bridgehead atoms. The molecule has 4 aromatic rings. The van der Waals surface area contributed by atoms with Crippen molar-refractivity contribution >= 4 is 39.9 Å². The maximum Gasteiger partial charge on any atom is 0.308 e. The monoisotopic (exact) mass is 469 g/mol. The van der Waals surface area contributed by atoms with Crippen LogP contribution in [0.5, 0.6) is 11.5 Å². The van der Waals surface area contributed by atoms with E-state index in [1.165, 1.54) is 14.0 Å². The lowest BCUT2D eigenvalue weighted by atomic mass is 10.1. The highest BCUT2D eigenvalue weighted by atomic mass is 35.5. The topological polar surface area (TPSA) is 99.9 Å². The second-order valence-corrected chi connectivity index (χ2v) is 8.23. The van der Waals surface area contributed by atoms with Crippen LogP contribution in [-0.4, -0.2) is 27.7 Å². The van der Waals surface area contributed by atoms with Crippen LogP contribution in [0.1, 0.15) is 23.7 Å². The van der Waals surface area contributed by atoms with Gasteiger partial charge in [0, 0.05) is 18.4 Å². The van der Waals surface area contributed by atoms with Gasteiger partial charge in [0.1, 0.15) is 5.69 Å². The Bertz CT molecular complexity index is 1500. The van der Waals surface area contributed by atoms with Crippen molar-refractivity contribution < 1.29 is 14.3 Å². The zero-order chi connectivity index (χ0) is 22.8. The van der Waals surface area contributed by atoms with Gasteiger partial charge in [0.2, 0.25) is 4.96 Å². The fraction of sp³-hybridized carbons (Fsp3) is 0.136. The number of carbonyl (C=O) groups excluding carboxylic acids is 1. The van der Waals surface area contributed by atoms with E-state index in [-0.39, 0.29) is 22.8 Å². The van der Waals surface area contributed by atoms with Gasteiger partial charge in [-0.15, -0.1) is 0 Å². The highest BCUT2D eigenvalue weighted by Crippen LogP contribution is 2.28. The lowest BCUT2D eigenvalue weighted by Gasteiger charge is -2.08. The summed E-state index contributed by atoms with van der Waals surface area (Å²) >= 11 is 6.95. The highest BCUT2D eigenvalue weighted by molar-refractivity contribution is 7.15. The lowest BCUT2D eigenvalue weighted by Crippen LogP contribution is -2.28. The second-order valence-electron chi connectivity index (χ2n) is 6.78. The molecule has 0 aliphatic heterocycles. The molecule has 0 aliphatic carbocycles. The number of fused-ring (bicyclic) bond motifs is 1. The first-order chi connectivity index (χ1) is 15.3. The van der Waals surface area contributed by atoms with Crippen molar-refractivity contribution in [3.63, 3.8) is 0 Å². The maximum absolute atomic E-state index is 12.9. The molecule has 0 aliphatic rings. The van der Waals surface area contributed by atoms with Crippen LogP contribution in [0.4, 0.5) is 0 Å². The zero-order valence-corrected chi connectivity index (χ0v) is 18.6. The van der Waals surface area contributed by atoms with E-state index in [1.807, 2.05) is 0 Å². The van der Waals surface area contributed by atoms with E-state index in [2.05, 4.69) is 10.1 Å². The van der Waals surface area contributed by atoms with Gasteiger partial charge in [-0.25, -0.2) is 0 Å². The first-order valence-electron chi connectivity index (χ1n) is 9.39. The minimum Gasteiger partial charge on any atom is -0.493 e. The van der Waals surface area contributed by atoms with E-state index < -0.39 is 17.1 Å². The predicted octanol–water partition coefficient (Wildman–Crippen LogP) is 2.24. The molecule has 0 fully saturated rings. The summed E-state index contributed by atoms with van der Waals surface area (Å²) in [5.74, 6) is 0.151. The number of ether oxygens (including phenoxy) is 2. The molecule has 0 amide bonds. The quantitative estimate of drug-likeness (QED) is 0.326. The molecule has 2 aromatic heterocycles. The number of halogens is 1. The second kappa shape index (κ2) is 8.89. The minimum atomic E-state index is -0.486. The van der Waals surface area contributed by atoms with Crippen LogP contribution in [0.3, 0.4) is 0 Å². The first-order valence-corrected chi connectivity index (χ1v) is 10.6. The third kappa shape index (κ3) is 4.53. The molecule has 2 aromatic carbocycles. The van der Waals surface area contributed by atoms with Crippen LogP contribution in [0.15, 0.2) is 52.1 Å². The number of carbonyl (C=O) groups is 1. The summed E-state index contributed by atoms with van der Waals surface area (Å²) in [4.78, 5) is 40.7. The number of thiazole rings is 1. The largest absolute Gasteiger partial charge is 0.493 e. The summed E-state index contributed by atoms with van der Waals surface area (Å²) in [5, 5.41) is 4.83. The van der Waals surface area contributed by atoms with Gasteiger partial charge < -0.3 is 9.47 Å². The molecule has 0 saturated carbocycles. The Morgan fingerprint density at radius 1 is 1.16 bits per heavy atom. The van der Waals surface area contributed by atoms with Crippen LogP contribution >= 0.6 is 22.9 Å². The number of esters is 1. The van der Waals surface area contributed by atoms with Gasteiger partial charge in [-0.1, -0.05) is 41.1 Å². The fourth-order valence-electron chi connectivity index (χ4n) is 3.01. The molecule has 162 valence electrons. The molecule has 0 N–H and O–H groups in total. The predicted molar refractivity (Wildman–Crippen MR) is 121 cm³/mol. The Kier molecular flexibility index (Phi) is 6.02. The summed E-state index contributed by atoms with van der Waals surface area (Å²) in [6.07, 6.45) is 1.86. The van der Waals surface area contributed by atoms with E-state index in [0.717, 1.165) is 21.4 Å². The Morgan fingerprint density at radius 3 is 2.59 bits per heavy atom. The normalized spacial score (nSPS) is 11.7. The molecule has 0 atom stereocenters. The Morgan fingerprint density at radius 2 is 1.91 bits per heavy atom. The summed E-state index contributed by atoms with van der Waals surface area (Å²) in [5.41, 5.74) is 0.762. The number of rotatable bonds is 5. The summed E-state index contributed by atoms with van der Waals surface area (Å²) in [6, 6.07) is 11.9. The van der Waals surface area contributed by atoms with E-state index in [9.17, 15) is 14.4 Å². The van der Waals surface area contributed by atoms with Crippen molar-refractivity contribution in [3.05, 3.63) is 89.5 Å².